The van der Waals surface area contributed by atoms with Gasteiger partial charge in [-0.2, -0.15) is 0 Å². The summed E-state index contributed by atoms with van der Waals surface area (Å²) in [5.41, 5.74) is 0.481. The van der Waals surface area contributed by atoms with Crippen LogP contribution in [0.1, 0.15) is 18.0 Å². The van der Waals surface area contributed by atoms with Crippen LogP contribution < -0.4 is 0 Å². The predicted molar refractivity (Wildman–Crippen MR) is 57.5 cm³/mol. The van der Waals surface area contributed by atoms with Crippen molar-refractivity contribution in [1.82, 2.24) is 4.90 Å². The number of carboxylic acids is 1. The molecule has 1 aliphatic rings. The molecule has 1 saturated heterocycles. The average molecular weight is 223 g/mol. The van der Waals surface area contributed by atoms with Gasteiger partial charge in [-0.25, -0.2) is 4.39 Å². The van der Waals surface area contributed by atoms with Crippen molar-refractivity contribution in [3.8, 4) is 0 Å². The molecule has 0 spiro atoms. The highest BCUT2D eigenvalue weighted by Crippen LogP contribution is 2.37. The van der Waals surface area contributed by atoms with Gasteiger partial charge in [-0.3, -0.25) is 9.69 Å². The van der Waals surface area contributed by atoms with Crippen molar-refractivity contribution in [2.24, 2.45) is 5.92 Å². The van der Waals surface area contributed by atoms with E-state index in [-0.39, 0.29) is 11.9 Å². The third-order valence-corrected chi connectivity index (χ3v) is 3.19. The number of carboxylic acid groups (broad SMARTS) is 1. The van der Waals surface area contributed by atoms with E-state index in [1.165, 1.54) is 6.07 Å². The number of likely N-dealkylation sites (tertiary alicyclic amines) is 1. The molecule has 0 saturated carbocycles. The first-order chi connectivity index (χ1) is 7.61. The van der Waals surface area contributed by atoms with E-state index in [2.05, 4.69) is 0 Å². The molecule has 0 radical (unpaired) electrons. The average Bonchev–Trinajstić information content (AvgIpc) is 2.61. The molecule has 1 aromatic carbocycles. The number of hydrogen-bond donors (Lipinski definition) is 1. The van der Waals surface area contributed by atoms with E-state index in [9.17, 15) is 9.18 Å². The maximum atomic E-state index is 13.6. The summed E-state index contributed by atoms with van der Waals surface area (Å²) in [6.45, 7) is 0.690. The Hall–Kier alpha value is -1.42. The highest BCUT2D eigenvalue weighted by atomic mass is 19.1. The van der Waals surface area contributed by atoms with E-state index in [0.29, 0.717) is 18.5 Å². The van der Waals surface area contributed by atoms with Crippen molar-refractivity contribution in [1.29, 1.82) is 0 Å². The van der Waals surface area contributed by atoms with Gasteiger partial charge in [0, 0.05) is 5.56 Å². The molecule has 3 nitrogen and oxygen atoms in total. The number of hydrogen-bond acceptors (Lipinski definition) is 2. The minimum atomic E-state index is -0.849. The molecule has 0 aromatic heterocycles. The first-order valence-corrected chi connectivity index (χ1v) is 5.28. The summed E-state index contributed by atoms with van der Waals surface area (Å²) in [5.74, 6) is -1.69. The zero-order valence-corrected chi connectivity index (χ0v) is 9.06. The third kappa shape index (κ3) is 1.80. The van der Waals surface area contributed by atoms with E-state index in [1.54, 1.807) is 18.2 Å². The Kier molecular flexibility index (Phi) is 2.92. The molecular weight excluding hydrogens is 209 g/mol. The van der Waals surface area contributed by atoms with E-state index >= 15 is 0 Å². The van der Waals surface area contributed by atoms with Gasteiger partial charge in [0.2, 0.25) is 0 Å². The highest BCUT2D eigenvalue weighted by molar-refractivity contribution is 5.71. The van der Waals surface area contributed by atoms with Crippen LogP contribution in [0, 0.1) is 11.7 Å². The lowest BCUT2D eigenvalue weighted by molar-refractivity contribution is -0.142. The summed E-state index contributed by atoms with van der Waals surface area (Å²) in [4.78, 5) is 13.0. The van der Waals surface area contributed by atoms with Crippen LogP contribution in [0.15, 0.2) is 24.3 Å². The molecule has 0 bridgehead atoms. The lowest BCUT2D eigenvalue weighted by atomic mass is 9.93. The Morgan fingerprint density at radius 1 is 1.50 bits per heavy atom. The van der Waals surface area contributed by atoms with E-state index in [4.69, 9.17) is 5.11 Å². The van der Waals surface area contributed by atoms with Crippen molar-refractivity contribution in [2.75, 3.05) is 13.6 Å². The Morgan fingerprint density at radius 2 is 2.19 bits per heavy atom. The molecule has 2 atom stereocenters. The van der Waals surface area contributed by atoms with Gasteiger partial charge in [-0.1, -0.05) is 18.2 Å². The second kappa shape index (κ2) is 4.22. The minimum absolute atomic E-state index is 0.326. The Morgan fingerprint density at radius 3 is 2.81 bits per heavy atom. The van der Waals surface area contributed by atoms with Crippen LogP contribution in [0.2, 0.25) is 0 Å². The fraction of sp³-hybridized carbons (Fsp3) is 0.417. The molecule has 1 fully saturated rings. The van der Waals surface area contributed by atoms with Crippen LogP contribution in [0.3, 0.4) is 0 Å². The summed E-state index contributed by atoms with van der Waals surface area (Å²) in [6.07, 6.45) is 0.574. The molecule has 0 aliphatic carbocycles. The fourth-order valence-electron chi connectivity index (χ4n) is 2.37. The summed E-state index contributed by atoms with van der Waals surface area (Å²) >= 11 is 0. The molecule has 86 valence electrons. The quantitative estimate of drug-likeness (QED) is 0.832. The maximum Gasteiger partial charge on any atom is 0.308 e. The molecule has 2 unspecified atom stereocenters. The zero-order chi connectivity index (χ0) is 11.7. The number of carbonyl (C=O) groups is 1. The fourth-order valence-corrected chi connectivity index (χ4v) is 2.37. The minimum Gasteiger partial charge on any atom is -0.481 e. The Labute approximate surface area is 93.5 Å². The van der Waals surface area contributed by atoms with Gasteiger partial charge < -0.3 is 5.11 Å². The first kappa shape index (κ1) is 11.1. The van der Waals surface area contributed by atoms with E-state index < -0.39 is 11.9 Å². The molecule has 1 heterocycles. The number of benzene rings is 1. The maximum absolute atomic E-state index is 13.6. The van der Waals surface area contributed by atoms with Crippen LogP contribution in [-0.4, -0.2) is 29.6 Å². The second-order valence-corrected chi connectivity index (χ2v) is 4.18. The smallest absolute Gasteiger partial charge is 0.308 e. The molecular formula is C12H14FNO2. The topological polar surface area (TPSA) is 40.5 Å². The van der Waals surface area contributed by atoms with Gasteiger partial charge in [0.1, 0.15) is 5.82 Å². The van der Waals surface area contributed by atoms with Gasteiger partial charge in [0.15, 0.2) is 0 Å². The first-order valence-electron chi connectivity index (χ1n) is 5.28. The highest BCUT2D eigenvalue weighted by Gasteiger charge is 2.38. The molecule has 16 heavy (non-hydrogen) atoms. The van der Waals surface area contributed by atoms with Gasteiger partial charge >= 0.3 is 5.97 Å². The van der Waals surface area contributed by atoms with Crippen molar-refractivity contribution in [3.05, 3.63) is 35.6 Å². The van der Waals surface area contributed by atoms with Gasteiger partial charge in [-0.05, 0) is 26.1 Å². The van der Waals surface area contributed by atoms with Crippen LogP contribution in [0.5, 0.6) is 0 Å². The van der Waals surface area contributed by atoms with Crippen molar-refractivity contribution >= 4 is 5.97 Å². The number of rotatable bonds is 2. The lowest BCUT2D eigenvalue weighted by Crippen LogP contribution is -2.26. The normalized spacial score (nSPS) is 25.9. The monoisotopic (exact) mass is 223 g/mol. The van der Waals surface area contributed by atoms with Crippen LogP contribution in [0.25, 0.3) is 0 Å². The van der Waals surface area contributed by atoms with E-state index in [1.807, 2.05) is 11.9 Å². The van der Waals surface area contributed by atoms with Gasteiger partial charge in [-0.15, -0.1) is 0 Å². The van der Waals surface area contributed by atoms with Crippen LogP contribution >= 0.6 is 0 Å². The molecule has 2 rings (SSSR count). The standard InChI is InChI=1S/C12H14FNO2/c1-14-7-6-9(12(15)16)11(14)8-4-2-3-5-10(8)13/h2-5,9,11H,6-7H2,1H3,(H,15,16). The number of nitrogens with zero attached hydrogens (tertiary/aromatic N) is 1. The van der Waals surface area contributed by atoms with Gasteiger partial charge in [0.25, 0.3) is 0 Å². The van der Waals surface area contributed by atoms with Crippen LogP contribution in [0.4, 0.5) is 4.39 Å². The summed E-state index contributed by atoms with van der Waals surface area (Å²) in [7, 11) is 1.83. The zero-order valence-electron chi connectivity index (χ0n) is 9.06. The van der Waals surface area contributed by atoms with Crippen molar-refractivity contribution in [2.45, 2.75) is 12.5 Å². The SMILES string of the molecule is CN1CCC(C(=O)O)C1c1ccccc1F. The number of halogens is 1. The largest absolute Gasteiger partial charge is 0.481 e. The lowest BCUT2D eigenvalue weighted by Gasteiger charge is -2.23. The third-order valence-electron chi connectivity index (χ3n) is 3.19. The van der Waals surface area contributed by atoms with Gasteiger partial charge in [0.05, 0.1) is 12.0 Å². The summed E-state index contributed by atoms with van der Waals surface area (Å²) < 4.78 is 13.6. The molecule has 4 heteroatoms. The molecule has 1 aromatic rings. The van der Waals surface area contributed by atoms with Crippen molar-refractivity contribution < 1.29 is 14.3 Å². The van der Waals surface area contributed by atoms with Crippen molar-refractivity contribution in [3.63, 3.8) is 0 Å². The number of aliphatic carboxylic acids is 1. The summed E-state index contributed by atoms with van der Waals surface area (Å²) in [6, 6.07) is 6.05. The second-order valence-electron chi connectivity index (χ2n) is 4.18. The Bertz CT molecular complexity index is 408. The molecule has 1 N–H and O–H groups in total. The summed E-state index contributed by atoms with van der Waals surface area (Å²) in [5, 5.41) is 9.10. The van der Waals surface area contributed by atoms with E-state index in [0.717, 1.165) is 0 Å². The molecule has 1 aliphatic heterocycles. The molecule has 0 amide bonds. The Balaban J connectivity index is 2.37. The van der Waals surface area contributed by atoms with Crippen LogP contribution in [-0.2, 0) is 4.79 Å². The predicted octanol–water partition coefficient (Wildman–Crippen LogP) is 1.90.